The molecular formula is C10H13ClIN3O. The highest BCUT2D eigenvalue weighted by atomic mass is 127. The monoisotopic (exact) mass is 353 g/mol. The van der Waals surface area contributed by atoms with Crippen LogP contribution in [0.25, 0.3) is 0 Å². The Morgan fingerprint density at radius 3 is 2.94 bits per heavy atom. The summed E-state index contributed by atoms with van der Waals surface area (Å²) in [5.74, 6) is 0.148. The number of halogens is 2. The van der Waals surface area contributed by atoms with Crippen molar-refractivity contribution in [2.24, 2.45) is 16.8 Å². The van der Waals surface area contributed by atoms with Crippen LogP contribution >= 0.6 is 34.2 Å². The second-order valence-corrected chi connectivity index (χ2v) is 5.08. The summed E-state index contributed by atoms with van der Waals surface area (Å²) < 4.78 is 1.08. The molecule has 88 valence electrons. The normalized spacial score (nSPS) is 13.6. The van der Waals surface area contributed by atoms with E-state index in [0.29, 0.717) is 11.6 Å². The molecule has 0 aliphatic heterocycles. The molecule has 4 N–H and O–H groups in total. The number of nitrogens with zero attached hydrogens (tertiary/aromatic N) is 1. The van der Waals surface area contributed by atoms with Crippen LogP contribution in [-0.2, 0) is 0 Å². The highest BCUT2D eigenvalue weighted by molar-refractivity contribution is 14.1. The molecule has 0 aromatic heterocycles. The van der Waals surface area contributed by atoms with Crippen LogP contribution in [0.5, 0.6) is 0 Å². The molecule has 1 aromatic carbocycles. The zero-order valence-electron chi connectivity index (χ0n) is 8.74. The Morgan fingerprint density at radius 2 is 2.38 bits per heavy atom. The van der Waals surface area contributed by atoms with Gasteiger partial charge in [0.15, 0.2) is 0 Å². The Balaban J connectivity index is 2.61. The number of nitrogens with two attached hydrogens (primary N) is 1. The van der Waals surface area contributed by atoms with Gasteiger partial charge in [-0.05, 0) is 40.8 Å². The van der Waals surface area contributed by atoms with Gasteiger partial charge in [0.05, 0.1) is 10.7 Å². The summed E-state index contributed by atoms with van der Waals surface area (Å²) >= 11 is 8.24. The molecular weight excluding hydrogens is 340 g/mol. The zero-order valence-corrected chi connectivity index (χ0v) is 11.7. The molecule has 0 fully saturated rings. The lowest BCUT2D eigenvalue weighted by Gasteiger charge is -2.13. The van der Waals surface area contributed by atoms with Gasteiger partial charge in [-0.2, -0.15) is 0 Å². The molecule has 1 atom stereocenters. The van der Waals surface area contributed by atoms with E-state index < -0.39 is 0 Å². The topological polar surface area (TPSA) is 70.6 Å². The minimum atomic E-state index is -0.0552. The SMILES string of the molecule is CC(CNc1ccc(I)cc1Cl)/C(N)=N/O. The molecule has 0 aliphatic rings. The Kier molecular flexibility index (Phi) is 5.14. The van der Waals surface area contributed by atoms with Gasteiger partial charge < -0.3 is 16.3 Å². The van der Waals surface area contributed by atoms with Crippen molar-refractivity contribution < 1.29 is 5.21 Å². The van der Waals surface area contributed by atoms with Gasteiger partial charge in [-0.15, -0.1) is 0 Å². The van der Waals surface area contributed by atoms with Crippen molar-refractivity contribution in [1.82, 2.24) is 0 Å². The van der Waals surface area contributed by atoms with Crippen LogP contribution in [0.3, 0.4) is 0 Å². The van der Waals surface area contributed by atoms with Gasteiger partial charge in [0, 0.05) is 16.0 Å². The lowest BCUT2D eigenvalue weighted by Crippen LogP contribution is -2.27. The molecule has 1 aromatic rings. The van der Waals surface area contributed by atoms with Crippen molar-refractivity contribution in [2.75, 3.05) is 11.9 Å². The zero-order chi connectivity index (χ0) is 12.1. The van der Waals surface area contributed by atoms with Crippen molar-refractivity contribution >= 4 is 45.7 Å². The lowest BCUT2D eigenvalue weighted by atomic mass is 10.1. The van der Waals surface area contributed by atoms with Gasteiger partial charge in [-0.25, -0.2) is 0 Å². The largest absolute Gasteiger partial charge is 0.409 e. The Bertz CT molecular complexity index is 398. The molecule has 0 heterocycles. The molecule has 0 spiro atoms. The standard InChI is InChI=1S/C10H13ClIN3O/c1-6(10(13)15-16)5-14-9-3-2-7(12)4-8(9)11/h2-4,6,14,16H,5H2,1H3,(H2,13,15). The van der Waals surface area contributed by atoms with Crippen LogP contribution in [0.4, 0.5) is 5.69 Å². The highest BCUT2D eigenvalue weighted by Crippen LogP contribution is 2.23. The van der Waals surface area contributed by atoms with Gasteiger partial charge in [0.1, 0.15) is 5.84 Å². The van der Waals surface area contributed by atoms with E-state index in [1.807, 2.05) is 25.1 Å². The summed E-state index contributed by atoms with van der Waals surface area (Å²) in [6.45, 7) is 2.43. The predicted molar refractivity (Wildman–Crippen MR) is 75.2 cm³/mol. The number of amidine groups is 1. The van der Waals surface area contributed by atoms with Gasteiger partial charge in [-0.1, -0.05) is 23.7 Å². The molecule has 4 nitrogen and oxygen atoms in total. The van der Waals surface area contributed by atoms with Gasteiger partial charge >= 0.3 is 0 Å². The Hall–Kier alpha value is -0.690. The predicted octanol–water partition coefficient (Wildman–Crippen LogP) is 2.74. The quantitative estimate of drug-likeness (QED) is 0.256. The maximum Gasteiger partial charge on any atom is 0.143 e. The molecule has 16 heavy (non-hydrogen) atoms. The highest BCUT2D eigenvalue weighted by Gasteiger charge is 2.08. The number of nitrogens with one attached hydrogen (secondary N) is 1. The summed E-state index contributed by atoms with van der Waals surface area (Å²) in [5, 5.41) is 15.3. The number of benzene rings is 1. The second kappa shape index (κ2) is 6.15. The first-order valence-corrected chi connectivity index (χ1v) is 6.16. The number of anilines is 1. The Labute approximate surface area is 113 Å². The fourth-order valence-electron chi connectivity index (χ4n) is 1.10. The van der Waals surface area contributed by atoms with Crippen LogP contribution in [0.2, 0.25) is 5.02 Å². The maximum atomic E-state index is 8.50. The summed E-state index contributed by atoms with van der Waals surface area (Å²) in [6.07, 6.45) is 0. The molecule has 1 unspecified atom stereocenters. The first-order chi connectivity index (χ1) is 7.54. The summed E-state index contributed by atoms with van der Waals surface area (Å²) in [4.78, 5) is 0. The van der Waals surface area contributed by atoms with Gasteiger partial charge in [0.2, 0.25) is 0 Å². The van der Waals surface area contributed by atoms with Crippen molar-refractivity contribution in [1.29, 1.82) is 0 Å². The van der Waals surface area contributed by atoms with Crippen molar-refractivity contribution in [2.45, 2.75) is 6.92 Å². The van der Waals surface area contributed by atoms with E-state index in [0.717, 1.165) is 9.26 Å². The molecule has 0 saturated heterocycles. The minimum Gasteiger partial charge on any atom is -0.409 e. The average molecular weight is 354 g/mol. The summed E-state index contributed by atoms with van der Waals surface area (Å²) in [5.41, 5.74) is 6.32. The van der Waals surface area contributed by atoms with Crippen molar-refractivity contribution in [3.05, 3.63) is 26.8 Å². The molecule has 0 aliphatic carbocycles. The smallest absolute Gasteiger partial charge is 0.143 e. The van der Waals surface area contributed by atoms with E-state index in [1.165, 1.54) is 0 Å². The molecule has 0 saturated carbocycles. The van der Waals surface area contributed by atoms with Crippen LogP contribution in [0, 0.1) is 9.49 Å². The van der Waals surface area contributed by atoms with Gasteiger partial charge in [-0.3, -0.25) is 0 Å². The molecule has 0 amide bonds. The van der Waals surface area contributed by atoms with Crippen LogP contribution in [0.1, 0.15) is 6.92 Å². The van der Waals surface area contributed by atoms with Crippen molar-refractivity contribution in [3.8, 4) is 0 Å². The fourth-order valence-corrected chi connectivity index (χ4v) is 2.02. The number of hydrogen-bond donors (Lipinski definition) is 3. The number of hydrogen-bond acceptors (Lipinski definition) is 3. The van der Waals surface area contributed by atoms with E-state index in [-0.39, 0.29) is 11.8 Å². The van der Waals surface area contributed by atoms with E-state index in [4.69, 9.17) is 22.5 Å². The average Bonchev–Trinajstić information content (AvgIpc) is 2.26. The second-order valence-electron chi connectivity index (χ2n) is 3.43. The molecule has 0 bridgehead atoms. The Morgan fingerprint density at radius 1 is 1.69 bits per heavy atom. The molecule has 1 rings (SSSR count). The maximum absolute atomic E-state index is 8.50. The number of rotatable bonds is 4. The van der Waals surface area contributed by atoms with Crippen molar-refractivity contribution in [3.63, 3.8) is 0 Å². The van der Waals surface area contributed by atoms with E-state index in [9.17, 15) is 0 Å². The third kappa shape index (κ3) is 3.71. The van der Waals surface area contributed by atoms with Crippen LogP contribution in [-0.4, -0.2) is 17.6 Å². The number of oxime groups is 1. The first kappa shape index (κ1) is 13.4. The molecule has 6 heteroatoms. The van der Waals surface area contributed by atoms with Gasteiger partial charge in [0.25, 0.3) is 0 Å². The van der Waals surface area contributed by atoms with E-state index in [2.05, 4.69) is 33.1 Å². The third-order valence-corrected chi connectivity index (χ3v) is 3.13. The fraction of sp³-hybridized carbons (Fsp3) is 0.300. The minimum absolute atomic E-state index is 0.0552. The van der Waals surface area contributed by atoms with Crippen LogP contribution in [0.15, 0.2) is 23.4 Å². The van der Waals surface area contributed by atoms with E-state index >= 15 is 0 Å². The first-order valence-electron chi connectivity index (χ1n) is 4.71. The lowest BCUT2D eigenvalue weighted by molar-refractivity contribution is 0.315. The van der Waals surface area contributed by atoms with Crippen LogP contribution < -0.4 is 11.1 Å². The third-order valence-electron chi connectivity index (χ3n) is 2.15. The summed E-state index contributed by atoms with van der Waals surface area (Å²) in [6, 6.07) is 5.74. The molecule has 0 radical (unpaired) electrons. The summed E-state index contributed by atoms with van der Waals surface area (Å²) in [7, 11) is 0. The van der Waals surface area contributed by atoms with E-state index in [1.54, 1.807) is 0 Å².